The highest BCUT2D eigenvalue weighted by Gasteiger charge is 2.25. The molecule has 8 heteroatoms. The van der Waals surface area contributed by atoms with Crippen molar-refractivity contribution in [2.45, 2.75) is 17.9 Å². The molecule has 1 aromatic carbocycles. The van der Waals surface area contributed by atoms with Gasteiger partial charge < -0.3 is 4.90 Å². The second-order valence-corrected chi connectivity index (χ2v) is 7.42. The Labute approximate surface area is 154 Å². The molecular formula is C18H18FN5OS. The fourth-order valence-electron chi connectivity index (χ4n) is 2.74. The van der Waals surface area contributed by atoms with Crippen molar-refractivity contribution in [2.24, 2.45) is 5.92 Å². The van der Waals surface area contributed by atoms with Crippen molar-refractivity contribution in [3.8, 4) is 5.69 Å². The van der Waals surface area contributed by atoms with E-state index in [4.69, 9.17) is 0 Å². The molecule has 0 radical (unpaired) electrons. The van der Waals surface area contributed by atoms with Crippen molar-refractivity contribution in [2.75, 3.05) is 19.3 Å². The zero-order valence-corrected chi connectivity index (χ0v) is 15.1. The number of hydrogen-bond donors (Lipinski definition) is 0. The molecule has 1 amide bonds. The minimum absolute atomic E-state index is 0.0968. The summed E-state index contributed by atoms with van der Waals surface area (Å²) in [7, 11) is 1.85. The standard InChI is InChI=1S/C18H18FN5OS/c1-23(9-12-2-3-12)16(25)10-26-18-15-8-22-24(17(15)20-11-21-18)14-6-4-13(19)5-7-14/h4-8,11-12H,2-3,9-10H2,1H3. The first-order chi connectivity index (χ1) is 12.6. The fourth-order valence-corrected chi connectivity index (χ4v) is 3.64. The summed E-state index contributed by atoms with van der Waals surface area (Å²) in [5.74, 6) is 0.801. The number of fused-ring (bicyclic) bond motifs is 1. The van der Waals surface area contributed by atoms with E-state index in [0.717, 1.165) is 22.6 Å². The quantitative estimate of drug-likeness (QED) is 0.492. The van der Waals surface area contributed by atoms with E-state index in [1.165, 1.54) is 43.1 Å². The van der Waals surface area contributed by atoms with Crippen LogP contribution in [0.3, 0.4) is 0 Å². The van der Waals surface area contributed by atoms with E-state index >= 15 is 0 Å². The van der Waals surface area contributed by atoms with Crippen molar-refractivity contribution < 1.29 is 9.18 Å². The third kappa shape index (κ3) is 3.55. The molecule has 26 heavy (non-hydrogen) atoms. The number of rotatable bonds is 6. The van der Waals surface area contributed by atoms with Crippen molar-refractivity contribution in [1.29, 1.82) is 0 Å². The Morgan fingerprint density at radius 2 is 2.08 bits per heavy atom. The summed E-state index contributed by atoms with van der Waals surface area (Å²) in [6.07, 6.45) is 5.59. The summed E-state index contributed by atoms with van der Waals surface area (Å²) in [5, 5.41) is 5.85. The third-order valence-electron chi connectivity index (χ3n) is 4.39. The number of nitrogens with zero attached hydrogens (tertiary/aromatic N) is 5. The molecule has 3 aromatic rings. The van der Waals surface area contributed by atoms with Crippen LogP contribution in [0.15, 0.2) is 41.8 Å². The topological polar surface area (TPSA) is 63.9 Å². The lowest BCUT2D eigenvalue weighted by molar-refractivity contribution is -0.127. The fraction of sp³-hybridized carbons (Fsp3) is 0.333. The van der Waals surface area contributed by atoms with Gasteiger partial charge in [0.05, 0.1) is 23.0 Å². The zero-order chi connectivity index (χ0) is 18.1. The minimum Gasteiger partial charge on any atom is -0.345 e. The van der Waals surface area contributed by atoms with E-state index in [1.807, 2.05) is 7.05 Å². The number of halogens is 1. The number of hydrogen-bond acceptors (Lipinski definition) is 5. The van der Waals surface area contributed by atoms with Gasteiger partial charge >= 0.3 is 0 Å². The SMILES string of the molecule is CN(CC1CC1)C(=O)CSc1ncnc2c1cnn2-c1ccc(F)cc1. The second kappa shape index (κ2) is 7.03. The maximum Gasteiger partial charge on any atom is 0.232 e. The Hall–Kier alpha value is -2.48. The summed E-state index contributed by atoms with van der Waals surface area (Å²) in [6, 6.07) is 6.06. The summed E-state index contributed by atoms with van der Waals surface area (Å²) in [5.41, 5.74) is 1.35. The van der Waals surface area contributed by atoms with Crippen LogP contribution in [0.4, 0.5) is 4.39 Å². The Bertz CT molecular complexity index is 938. The molecular weight excluding hydrogens is 353 g/mol. The van der Waals surface area contributed by atoms with Gasteiger partial charge in [0.25, 0.3) is 0 Å². The molecule has 0 N–H and O–H groups in total. The molecule has 1 saturated carbocycles. The maximum absolute atomic E-state index is 13.1. The normalized spacial score (nSPS) is 13.9. The average Bonchev–Trinajstić information content (AvgIpc) is 3.35. The first kappa shape index (κ1) is 17.0. The minimum atomic E-state index is -0.301. The highest BCUT2D eigenvalue weighted by atomic mass is 32.2. The molecule has 0 spiro atoms. The molecule has 0 saturated heterocycles. The summed E-state index contributed by atoms with van der Waals surface area (Å²) in [4.78, 5) is 22.7. The van der Waals surface area contributed by atoms with Gasteiger partial charge in [0, 0.05) is 13.6 Å². The van der Waals surface area contributed by atoms with Crippen LogP contribution >= 0.6 is 11.8 Å². The molecule has 1 aliphatic rings. The maximum atomic E-state index is 13.1. The van der Waals surface area contributed by atoms with Crippen LogP contribution in [0.5, 0.6) is 0 Å². The van der Waals surface area contributed by atoms with E-state index in [1.54, 1.807) is 27.9 Å². The van der Waals surface area contributed by atoms with E-state index < -0.39 is 0 Å². The van der Waals surface area contributed by atoms with Gasteiger partial charge in [-0.05, 0) is 43.0 Å². The molecule has 0 unspecified atom stereocenters. The number of benzene rings is 1. The zero-order valence-electron chi connectivity index (χ0n) is 14.3. The summed E-state index contributed by atoms with van der Waals surface area (Å²) >= 11 is 1.39. The van der Waals surface area contributed by atoms with Crippen LogP contribution < -0.4 is 0 Å². The predicted octanol–water partition coefficient (Wildman–Crippen LogP) is 2.92. The van der Waals surface area contributed by atoms with Crippen LogP contribution in [-0.2, 0) is 4.79 Å². The monoisotopic (exact) mass is 371 g/mol. The van der Waals surface area contributed by atoms with Gasteiger partial charge in [0.2, 0.25) is 5.91 Å². The molecule has 4 rings (SSSR count). The molecule has 0 atom stereocenters. The Kier molecular flexibility index (Phi) is 4.58. The van der Waals surface area contributed by atoms with Crippen LogP contribution in [0, 0.1) is 11.7 Å². The summed E-state index contributed by atoms with van der Waals surface area (Å²) in [6.45, 7) is 0.834. The molecule has 1 fully saturated rings. The van der Waals surface area contributed by atoms with Crippen LogP contribution in [0.1, 0.15) is 12.8 Å². The van der Waals surface area contributed by atoms with Gasteiger partial charge in [-0.1, -0.05) is 11.8 Å². The smallest absolute Gasteiger partial charge is 0.232 e. The highest BCUT2D eigenvalue weighted by molar-refractivity contribution is 8.00. The van der Waals surface area contributed by atoms with Gasteiger partial charge in [-0.15, -0.1) is 0 Å². The van der Waals surface area contributed by atoms with Gasteiger partial charge in [0.1, 0.15) is 17.2 Å². The van der Waals surface area contributed by atoms with Crippen molar-refractivity contribution >= 4 is 28.7 Å². The molecule has 6 nitrogen and oxygen atoms in total. The van der Waals surface area contributed by atoms with Gasteiger partial charge in [0.15, 0.2) is 5.65 Å². The van der Waals surface area contributed by atoms with Gasteiger partial charge in [-0.3, -0.25) is 4.79 Å². The van der Waals surface area contributed by atoms with Crippen molar-refractivity contribution in [3.05, 3.63) is 42.6 Å². The van der Waals surface area contributed by atoms with Crippen LogP contribution in [0.2, 0.25) is 0 Å². The first-order valence-corrected chi connectivity index (χ1v) is 9.42. The molecule has 2 aromatic heterocycles. The molecule has 134 valence electrons. The lowest BCUT2D eigenvalue weighted by Gasteiger charge is -2.16. The molecule has 2 heterocycles. The predicted molar refractivity (Wildman–Crippen MR) is 97.7 cm³/mol. The number of aromatic nitrogens is 4. The summed E-state index contributed by atoms with van der Waals surface area (Å²) < 4.78 is 14.8. The lowest BCUT2D eigenvalue weighted by Crippen LogP contribution is -2.30. The van der Waals surface area contributed by atoms with E-state index in [9.17, 15) is 9.18 Å². The molecule has 0 bridgehead atoms. The lowest BCUT2D eigenvalue weighted by atomic mass is 10.3. The number of carbonyl (C=O) groups excluding carboxylic acids is 1. The average molecular weight is 371 g/mol. The Morgan fingerprint density at radius 1 is 1.31 bits per heavy atom. The largest absolute Gasteiger partial charge is 0.345 e. The van der Waals surface area contributed by atoms with E-state index in [2.05, 4.69) is 15.1 Å². The van der Waals surface area contributed by atoms with Crippen molar-refractivity contribution in [3.63, 3.8) is 0 Å². The molecule has 0 aliphatic heterocycles. The first-order valence-electron chi connectivity index (χ1n) is 8.43. The Balaban J connectivity index is 1.53. The number of thioether (sulfide) groups is 1. The van der Waals surface area contributed by atoms with Gasteiger partial charge in [-0.25, -0.2) is 19.0 Å². The molecule has 1 aliphatic carbocycles. The van der Waals surface area contributed by atoms with Crippen molar-refractivity contribution in [1.82, 2.24) is 24.6 Å². The van der Waals surface area contributed by atoms with Gasteiger partial charge in [-0.2, -0.15) is 5.10 Å². The Morgan fingerprint density at radius 3 is 2.81 bits per heavy atom. The highest BCUT2D eigenvalue weighted by Crippen LogP contribution is 2.30. The number of amides is 1. The van der Waals surface area contributed by atoms with Crippen LogP contribution in [-0.4, -0.2) is 49.9 Å². The second-order valence-electron chi connectivity index (χ2n) is 6.46. The van der Waals surface area contributed by atoms with Crippen LogP contribution in [0.25, 0.3) is 16.7 Å². The number of carbonyl (C=O) groups is 1. The van der Waals surface area contributed by atoms with E-state index in [-0.39, 0.29) is 11.7 Å². The van der Waals surface area contributed by atoms with E-state index in [0.29, 0.717) is 17.3 Å². The third-order valence-corrected chi connectivity index (χ3v) is 5.38.